The molecule has 0 aliphatic heterocycles. The Hall–Kier alpha value is -1.39. The third-order valence-electron chi connectivity index (χ3n) is 3.08. The molecule has 2 aromatic rings. The summed E-state index contributed by atoms with van der Waals surface area (Å²) in [5, 5.41) is 12.2. The SMILES string of the molecule is Cc1c(Cl)cccc1-c1nnc(CNC2CC2)o1. The van der Waals surface area contributed by atoms with Gasteiger partial charge in [0.1, 0.15) is 0 Å². The van der Waals surface area contributed by atoms with E-state index in [1.54, 1.807) is 0 Å². The lowest BCUT2D eigenvalue weighted by Crippen LogP contribution is -2.15. The maximum atomic E-state index is 6.08. The van der Waals surface area contributed by atoms with Gasteiger partial charge in [-0.05, 0) is 37.5 Å². The van der Waals surface area contributed by atoms with Crippen molar-refractivity contribution in [3.8, 4) is 11.5 Å². The number of rotatable bonds is 4. The Morgan fingerprint density at radius 3 is 3.00 bits per heavy atom. The fourth-order valence-electron chi connectivity index (χ4n) is 1.79. The summed E-state index contributed by atoms with van der Waals surface area (Å²) in [5.74, 6) is 1.15. The fourth-order valence-corrected chi connectivity index (χ4v) is 1.97. The topological polar surface area (TPSA) is 51.0 Å². The van der Waals surface area contributed by atoms with Gasteiger partial charge in [-0.25, -0.2) is 0 Å². The molecule has 0 saturated heterocycles. The van der Waals surface area contributed by atoms with Crippen LogP contribution in [0.1, 0.15) is 24.3 Å². The van der Waals surface area contributed by atoms with Crippen LogP contribution in [0.15, 0.2) is 22.6 Å². The van der Waals surface area contributed by atoms with E-state index in [0.29, 0.717) is 29.4 Å². The minimum absolute atomic E-state index is 0.530. The Balaban J connectivity index is 1.80. The fraction of sp³-hybridized carbons (Fsp3) is 0.385. The summed E-state index contributed by atoms with van der Waals surface area (Å²) in [5.41, 5.74) is 1.86. The predicted molar refractivity (Wildman–Crippen MR) is 69.3 cm³/mol. The van der Waals surface area contributed by atoms with Crippen LogP contribution in [-0.2, 0) is 6.54 Å². The number of nitrogens with one attached hydrogen (secondary N) is 1. The molecule has 0 atom stereocenters. The van der Waals surface area contributed by atoms with Gasteiger partial charge in [0.2, 0.25) is 11.8 Å². The minimum Gasteiger partial charge on any atom is -0.419 e. The largest absolute Gasteiger partial charge is 0.419 e. The Morgan fingerprint density at radius 1 is 1.39 bits per heavy atom. The molecular formula is C13H14ClN3O. The molecule has 1 aliphatic carbocycles. The molecule has 18 heavy (non-hydrogen) atoms. The molecule has 0 amide bonds. The van der Waals surface area contributed by atoms with Crippen molar-refractivity contribution in [1.29, 1.82) is 0 Å². The van der Waals surface area contributed by atoms with Crippen LogP contribution in [0.3, 0.4) is 0 Å². The van der Waals surface area contributed by atoms with Crippen molar-refractivity contribution in [2.45, 2.75) is 32.4 Å². The van der Waals surface area contributed by atoms with Crippen molar-refractivity contribution >= 4 is 11.6 Å². The molecule has 5 heteroatoms. The quantitative estimate of drug-likeness (QED) is 0.921. The van der Waals surface area contributed by atoms with Gasteiger partial charge in [0.15, 0.2) is 0 Å². The summed E-state index contributed by atoms with van der Waals surface area (Å²) in [6.07, 6.45) is 2.49. The van der Waals surface area contributed by atoms with E-state index in [1.165, 1.54) is 12.8 Å². The zero-order valence-corrected chi connectivity index (χ0v) is 10.9. The molecule has 0 unspecified atom stereocenters. The molecule has 1 aromatic heterocycles. The van der Waals surface area contributed by atoms with E-state index in [1.807, 2.05) is 25.1 Å². The summed E-state index contributed by atoms with van der Waals surface area (Å²) < 4.78 is 5.64. The maximum Gasteiger partial charge on any atom is 0.248 e. The van der Waals surface area contributed by atoms with Crippen LogP contribution < -0.4 is 5.32 Å². The second-order valence-electron chi connectivity index (χ2n) is 4.57. The number of benzene rings is 1. The van der Waals surface area contributed by atoms with Gasteiger partial charge < -0.3 is 9.73 Å². The second-order valence-corrected chi connectivity index (χ2v) is 4.98. The van der Waals surface area contributed by atoms with Crippen molar-refractivity contribution in [2.75, 3.05) is 0 Å². The Kier molecular flexibility index (Phi) is 3.06. The van der Waals surface area contributed by atoms with Crippen molar-refractivity contribution in [3.05, 3.63) is 34.7 Å². The van der Waals surface area contributed by atoms with Gasteiger partial charge in [-0.15, -0.1) is 10.2 Å². The first kappa shape index (κ1) is 11.7. The molecule has 4 nitrogen and oxygen atoms in total. The summed E-state index contributed by atoms with van der Waals surface area (Å²) >= 11 is 6.08. The number of hydrogen-bond donors (Lipinski definition) is 1. The van der Waals surface area contributed by atoms with E-state index in [0.717, 1.165) is 11.1 Å². The highest BCUT2D eigenvalue weighted by atomic mass is 35.5. The van der Waals surface area contributed by atoms with Gasteiger partial charge in [0, 0.05) is 16.6 Å². The van der Waals surface area contributed by atoms with E-state index in [-0.39, 0.29) is 0 Å². The molecular weight excluding hydrogens is 250 g/mol. The van der Waals surface area contributed by atoms with E-state index in [4.69, 9.17) is 16.0 Å². The number of halogens is 1. The van der Waals surface area contributed by atoms with Crippen LogP contribution in [-0.4, -0.2) is 16.2 Å². The van der Waals surface area contributed by atoms with Crippen LogP contribution >= 0.6 is 11.6 Å². The number of aromatic nitrogens is 2. The Labute approximate surface area is 110 Å². The van der Waals surface area contributed by atoms with Crippen molar-refractivity contribution in [2.24, 2.45) is 0 Å². The van der Waals surface area contributed by atoms with Crippen LogP contribution in [0.2, 0.25) is 5.02 Å². The predicted octanol–water partition coefficient (Wildman–Crippen LogP) is 2.95. The van der Waals surface area contributed by atoms with Crippen LogP contribution in [0, 0.1) is 6.92 Å². The van der Waals surface area contributed by atoms with E-state index in [9.17, 15) is 0 Å². The number of nitrogens with zero attached hydrogens (tertiary/aromatic N) is 2. The van der Waals surface area contributed by atoms with E-state index >= 15 is 0 Å². The molecule has 1 aliphatic rings. The lowest BCUT2D eigenvalue weighted by Gasteiger charge is -2.02. The Bertz CT molecular complexity index is 563. The van der Waals surface area contributed by atoms with Gasteiger partial charge in [0.25, 0.3) is 0 Å². The molecule has 0 bridgehead atoms. The van der Waals surface area contributed by atoms with Crippen molar-refractivity contribution in [3.63, 3.8) is 0 Å². The molecule has 1 N–H and O–H groups in total. The normalized spacial score (nSPS) is 15.0. The maximum absolute atomic E-state index is 6.08. The van der Waals surface area contributed by atoms with Gasteiger partial charge in [-0.3, -0.25) is 0 Å². The molecule has 1 saturated carbocycles. The molecule has 3 rings (SSSR count). The average molecular weight is 264 g/mol. The lowest BCUT2D eigenvalue weighted by molar-refractivity contribution is 0.476. The summed E-state index contributed by atoms with van der Waals surface area (Å²) in [6, 6.07) is 6.31. The van der Waals surface area contributed by atoms with Crippen LogP contribution in [0.5, 0.6) is 0 Å². The van der Waals surface area contributed by atoms with Gasteiger partial charge >= 0.3 is 0 Å². The van der Waals surface area contributed by atoms with Crippen LogP contribution in [0.4, 0.5) is 0 Å². The molecule has 1 fully saturated rings. The molecule has 1 aromatic carbocycles. The van der Waals surface area contributed by atoms with Crippen molar-refractivity contribution < 1.29 is 4.42 Å². The standard InChI is InChI=1S/C13H14ClN3O/c1-8-10(3-2-4-11(8)14)13-17-16-12(18-13)7-15-9-5-6-9/h2-4,9,15H,5-7H2,1H3. The van der Waals surface area contributed by atoms with Gasteiger partial charge in [0.05, 0.1) is 6.54 Å². The summed E-state index contributed by atoms with van der Waals surface area (Å²) in [6.45, 7) is 2.58. The summed E-state index contributed by atoms with van der Waals surface area (Å²) in [7, 11) is 0. The smallest absolute Gasteiger partial charge is 0.248 e. The first-order chi connectivity index (χ1) is 8.74. The second kappa shape index (κ2) is 4.71. The third-order valence-corrected chi connectivity index (χ3v) is 3.49. The molecule has 0 spiro atoms. The Morgan fingerprint density at radius 2 is 2.22 bits per heavy atom. The van der Waals surface area contributed by atoms with Gasteiger partial charge in [-0.2, -0.15) is 0 Å². The van der Waals surface area contributed by atoms with Gasteiger partial charge in [-0.1, -0.05) is 17.7 Å². The van der Waals surface area contributed by atoms with E-state index in [2.05, 4.69) is 15.5 Å². The van der Waals surface area contributed by atoms with Crippen molar-refractivity contribution in [1.82, 2.24) is 15.5 Å². The molecule has 94 valence electrons. The number of hydrogen-bond acceptors (Lipinski definition) is 4. The average Bonchev–Trinajstić information content (AvgIpc) is 3.08. The highest BCUT2D eigenvalue weighted by molar-refractivity contribution is 6.31. The molecule has 1 heterocycles. The highest BCUT2D eigenvalue weighted by Gasteiger charge is 2.21. The van der Waals surface area contributed by atoms with E-state index < -0.39 is 0 Å². The molecule has 0 radical (unpaired) electrons. The third kappa shape index (κ3) is 2.40. The monoisotopic (exact) mass is 263 g/mol. The highest BCUT2D eigenvalue weighted by Crippen LogP contribution is 2.27. The minimum atomic E-state index is 0.530. The first-order valence-electron chi connectivity index (χ1n) is 6.05. The van der Waals surface area contributed by atoms with Crippen LogP contribution in [0.25, 0.3) is 11.5 Å². The zero-order valence-electron chi connectivity index (χ0n) is 10.1. The lowest BCUT2D eigenvalue weighted by atomic mass is 10.1. The summed E-state index contributed by atoms with van der Waals surface area (Å²) in [4.78, 5) is 0. The first-order valence-corrected chi connectivity index (χ1v) is 6.43. The zero-order chi connectivity index (χ0) is 12.5.